The quantitative estimate of drug-likeness (QED) is 0.466. The zero-order valence-electron chi connectivity index (χ0n) is 17.2. The Bertz CT molecular complexity index is 1120. The number of aromatic nitrogens is 2. The third kappa shape index (κ3) is 3.59. The summed E-state index contributed by atoms with van der Waals surface area (Å²) in [5.74, 6) is 0. The summed E-state index contributed by atoms with van der Waals surface area (Å²) >= 11 is 0. The highest BCUT2D eigenvalue weighted by molar-refractivity contribution is 5.85. The van der Waals surface area contributed by atoms with Crippen LogP contribution in [0.2, 0.25) is 0 Å². The van der Waals surface area contributed by atoms with E-state index in [0.29, 0.717) is 0 Å². The van der Waals surface area contributed by atoms with Crippen LogP contribution in [-0.4, -0.2) is 34.5 Å². The van der Waals surface area contributed by atoms with Gasteiger partial charge in [0.15, 0.2) is 0 Å². The molecule has 4 aromatic rings. The Morgan fingerprint density at radius 2 is 1.48 bits per heavy atom. The highest BCUT2D eigenvalue weighted by Crippen LogP contribution is 2.27. The maximum atomic E-state index is 3.56. The Kier molecular flexibility index (Phi) is 5.13. The van der Waals surface area contributed by atoms with Crippen LogP contribution in [0.1, 0.15) is 35.9 Å². The summed E-state index contributed by atoms with van der Waals surface area (Å²) in [5, 5.41) is 6.20. The topological polar surface area (TPSA) is 46.9 Å². The summed E-state index contributed by atoms with van der Waals surface area (Å²) in [6.07, 6.45) is 3.59. The Hall–Kier alpha value is -2.56. The van der Waals surface area contributed by atoms with Gasteiger partial charge >= 0.3 is 0 Å². The molecule has 0 unspecified atom stereocenters. The summed E-state index contributed by atoms with van der Waals surface area (Å²) in [7, 11) is 0. The molecule has 3 N–H and O–H groups in total. The van der Waals surface area contributed by atoms with E-state index < -0.39 is 0 Å². The van der Waals surface area contributed by atoms with Crippen LogP contribution in [0.15, 0.2) is 48.5 Å². The first kappa shape index (κ1) is 18.5. The fraction of sp³-hybridized carbons (Fsp3) is 0.360. The largest absolute Gasteiger partial charge is 0.357 e. The zero-order chi connectivity index (χ0) is 19.6. The second kappa shape index (κ2) is 8.05. The van der Waals surface area contributed by atoms with Crippen LogP contribution in [0, 0.1) is 0 Å². The lowest BCUT2D eigenvalue weighted by atomic mass is 10.0. The van der Waals surface area contributed by atoms with Crippen molar-refractivity contribution in [3.63, 3.8) is 0 Å². The van der Waals surface area contributed by atoms with Crippen LogP contribution in [-0.2, 0) is 25.9 Å². The summed E-state index contributed by atoms with van der Waals surface area (Å²) in [4.78, 5) is 9.56. The van der Waals surface area contributed by atoms with Gasteiger partial charge in [-0.1, -0.05) is 43.3 Å². The first-order chi connectivity index (χ1) is 14.3. The number of benzene rings is 2. The number of rotatable bonds is 2. The molecule has 2 aromatic heterocycles. The fourth-order valence-corrected chi connectivity index (χ4v) is 4.88. The third-order valence-electron chi connectivity index (χ3n) is 6.26. The number of nitrogens with one attached hydrogen (secondary N) is 3. The second-order valence-corrected chi connectivity index (χ2v) is 8.21. The normalized spacial score (nSPS) is 16.3. The highest BCUT2D eigenvalue weighted by Gasteiger charge is 2.19. The van der Waals surface area contributed by atoms with Gasteiger partial charge in [-0.25, -0.2) is 0 Å². The molecular formula is C25H30N4. The van der Waals surface area contributed by atoms with E-state index in [1.54, 1.807) is 5.56 Å². The lowest BCUT2D eigenvalue weighted by Crippen LogP contribution is -2.30. The van der Waals surface area contributed by atoms with E-state index in [2.05, 4.69) is 75.6 Å². The summed E-state index contributed by atoms with van der Waals surface area (Å²) in [6.45, 7) is 7.87. The third-order valence-corrected chi connectivity index (χ3v) is 6.26. The number of hydrogen-bond acceptors (Lipinski definition) is 2. The molecular weight excluding hydrogens is 356 g/mol. The van der Waals surface area contributed by atoms with Crippen molar-refractivity contribution in [1.29, 1.82) is 0 Å². The number of nitrogens with zero attached hydrogens (tertiary/aromatic N) is 1. The van der Waals surface area contributed by atoms with Gasteiger partial charge in [-0.15, -0.1) is 0 Å². The van der Waals surface area contributed by atoms with E-state index >= 15 is 0 Å². The molecule has 0 atom stereocenters. The van der Waals surface area contributed by atoms with E-state index in [1.807, 2.05) is 0 Å². The van der Waals surface area contributed by atoms with Gasteiger partial charge < -0.3 is 15.3 Å². The van der Waals surface area contributed by atoms with Crippen LogP contribution in [0.25, 0.3) is 21.8 Å². The first-order valence-corrected chi connectivity index (χ1v) is 10.9. The monoisotopic (exact) mass is 386 g/mol. The SMILES string of the molecule is CCCN1CCc2c([nH]c3ccccc23)C1.c1ccc2c3c([nH]c2c1)CNCC3. The van der Waals surface area contributed by atoms with E-state index in [4.69, 9.17) is 0 Å². The predicted molar refractivity (Wildman–Crippen MR) is 121 cm³/mol. The Labute approximate surface area is 172 Å². The number of para-hydroxylation sites is 2. The van der Waals surface area contributed by atoms with Crippen LogP contribution in [0.3, 0.4) is 0 Å². The van der Waals surface area contributed by atoms with Gasteiger partial charge in [-0.2, -0.15) is 0 Å². The van der Waals surface area contributed by atoms with Crippen molar-refractivity contribution in [3.05, 3.63) is 71.0 Å². The smallest absolute Gasteiger partial charge is 0.0459 e. The van der Waals surface area contributed by atoms with E-state index in [9.17, 15) is 0 Å². The average Bonchev–Trinajstić information content (AvgIpc) is 3.32. The highest BCUT2D eigenvalue weighted by atomic mass is 15.1. The Balaban J connectivity index is 0.000000128. The maximum Gasteiger partial charge on any atom is 0.0459 e. The molecule has 4 heterocycles. The first-order valence-electron chi connectivity index (χ1n) is 10.9. The number of hydrogen-bond donors (Lipinski definition) is 3. The van der Waals surface area contributed by atoms with Crippen molar-refractivity contribution in [2.24, 2.45) is 0 Å². The van der Waals surface area contributed by atoms with Crippen LogP contribution in [0.5, 0.6) is 0 Å². The predicted octanol–water partition coefficient (Wildman–Crippen LogP) is 4.75. The summed E-state index contributed by atoms with van der Waals surface area (Å²) in [6, 6.07) is 17.2. The van der Waals surface area contributed by atoms with E-state index in [1.165, 1.54) is 64.7 Å². The molecule has 4 heteroatoms. The Morgan fingerprint density at radius 1 is 0.828 bits per heavy atom. The molecule has 29 heavy (non-hydrogen) atoms. The number of fused-ring (bicyclic) bond motifs is 6. The van der Waals surface area contributed by atoms with Crippen molar-refractivity contribution in [2.75, 3.05) is 19.6 Å². The van der Waals surface area contributed by atoms with Gasteiger partial charge in [0, 0.05) is 52.8 Å². The van der Waals surface area contributed by atoms with Gasteiger partial charge in [-0.3, -0.25) is 4.90 Å². The number of aromatic amines is 2. The van der Waals surface area contributed by atoms with Gasteiger partial charge in [0.05, 0.1) is 0 Å². The van der Waals surface area contributed by atoms with E-state index in [-0.39, 0.29) is 0 Å². The van der Waals surface area contributed by atoms with Crippen LogP contribution in [0.4, 0.5) is 0 Å². The number of H-pyrrole nitrogens is 2. The molecule has 0 bridgehead atoms. The molecule has 4 nitrogen and oxygen atoms in total. The molecule has 150 valence electrons. The molecule has 2 aromatic carbocycles. The minimum Gasteiger partial charge on any atom is -0.357 e. The summed E-state index contributed by atoms with van der Waals surface area (Å²) < 4.78 is 0. The summed E-state index contributed by atoms with van der Waals surface area (Å²) in [5.41, 5.74) is 8.42. The van der Waals surface area contributed by atoms with Gasteiger partial charge in [-0.05, 0) is 55.6 Å². The molecule has 0 saturated carbocycles. The van der Waals surface area contributed by atoms with Gasteiger partial charge in [0.2, 0.25) is 0 Å². The molecule has 0 fully saturated rings. The molecule has 0 radical (unpaired) electrons. The minimum atomic E-state index is 0.990. The lowest BCUT2D eigenvalue weighted by Gasteiger charge is -2.26. The van der Waals surface area contributed by atoms with Gasteiger partial charge in [0.1, 0.15) is 0 Å². The lowest BCUT2D eigenvalue weighted by molar-refractivity contribution is 0.252. The van der Waals surface area contributed by atoms with Crippen molar-refractivity contribution < 1.29 is 0 Å². The Morgan fingerprint density at radius 3 is 2.21 bits per heavy atom. The maximum absolute atomic E-state index is 3.56. The van der Waals surface area contributed by atoms with Gasteiger partial charge in [0.25, 0.3) is 0 Å². The fourth-order valence-electron chi connectivity index (χ4n) is 4.88. The van der Waals surface area contributed by atoms with Crippen LogP contribution < -0.4 is 5.32 Å². The van der Waals surface area contributed by atoms with Crippen molar-refractivity contribution >= 4 is 21.8 Å². The van der Waals surface area contributed by atoms with Crippen molar-refractivity contribution in [3.8, 4) is 0 Å². The molecule has 0 aliphatic carbocycles. The molecule has 2 aliphatic heterocycles. The van der Waals surface area contributed by atoms with Crippen molar-refractivity contribution in [2.45, 2.75) is 39.3 Å². The average molecular weight is 387 g/mol. The molecule has 2 aliphatic rings. The van der Waals surface area contributed by atoms with Crippen molar-refractivity contribution in [1.82, 2.24) is 20.2 Å². The standard InChI is InChI=1S/C14H18N2.C11H12N2/c1-2-8-16-9-7-12-11-5-3-4-6-13(11)15-14(12)10-16;1-2-4-10-8(3-1)9-5-6-12-7-11(9)13-10/h3-6,15H,2,7-10H2,1H3;1-4,12-13H,5-7H2. The van der Waals surface area contributed by atoms with E-state index in [0.717, 1.165) is 26.1 Å². The molecule has 0 saturated heterocycles. The van der Waals surface area contributed by atoms with Crippen LogP contribution >= 0.6 is 0 Å². The molecule has 0 spiro atoms. The molecule has 0 amide bonds. The molecule has 6 rings (SSSR count). The second-order valence-electron chi connectivity index (χ2n) is 8.21. The zero-order valence-corrected chi connectivity index (χ0v) is 17.2. The minimum absolute atomic E-state index is 0.990.